The van der Waals surface area contributed by atoms with Gasteiger partial charge in [0.2, 0.25) is 0 Å². The lowest BCUT2D eigenvalue weighted by Gasteiger charge is -2.37. The Morgan fingerprint density at radius 3 is 1.28 bits per heavy atom. The van der Waals surface area contributed by atoms with Crippen LogP contribution in [-0.4, -0.2) is 0 Å². The quantitative estimate of drug-likeness (QED) is 0.361. The minimum atomic E-state index is 0.810. The molecule has 4 saturated carbocycles. The van der Waals surface area contributed by atoms with E-state index in [0.717, 1.165) is 47.3 Å². The maximum atomic E-state index is 3.97. The van der Waals surface area contributed by atoms with Gasteiger partial charge in [-0.25, -0.2) is 0 Å². The van der Waals surface area contributed by atoms with E-state index in [9.17, 15) is 0 Å². The highest BCUT2D eigenvalue weighted by atomic mass is 14.4. The van der Waals surface area contributed by atoms with E-state index in [2.05, 4.69) is 63.4 Å². The second-order valence-electron chi connectivity index (χ2n) is 13.4. The molecule has 0 amide bonds. The fourth-order valence-electron chi connectivity index (χ4n) is 8.22. The van der Waals surface area contributed by atoms with Gasteiger partial charge in [0.25, 0.3) is 0 Å². The van der Waals surface area contributed by atoms with E-state index in [-0.39, 0.29) is 0 Å². The lowest BCUT2D eigenvalue weighted by atomic mass is 9.68. The van der Waals surface area contributed by atoms with Crippen LogP contribution >= 0.6 is 0 Å². The first-order valence-corrected chi connectivity index (χ1v) is 15.9. The molecule has 36 heavy (non-hydrogen) atoms. The van der Waals surface area contributed by atoms with Crippen molar-refractivity contribution in [2.75, 3.05) is 0 Å². The van der Waals surface area contributed by atoms with Crippen molar-refractivity contribution in [2.45, 2.75) is 122 Å². The molecule has 5 rings (SSSR count). The van der Waals surface area contributed by atoms with Crippen LogP contribution < -0.4 is 0 Å². The summed E-state index contributed by atoms with van der Waals surface area (Å²) in [6.07, 6.45) is 27.6. The molecule has 1 aromatic rings. The minimum Gasteiger partial charge on any atom is -0.103 e. The maximum absolute atomic E-state index is 3.97. The third kappa shape index (κ3) is 7.85. The number of rotatable bonds is 5. The molecule has 200 valence electrons. The van der Waals surface area contributed by atoms with Crippen LogP contribution in [0.2, 0.25) is 0 Å². The highest BCUT2D eigenvalue weighted by Crippen LogP contribution is 2.44. The lowest BCUT2D eigenvalue weighted by Crippen LogP contribution is -2.25. The molecular weight excluding hydrogens is 432 g/mol. The first-order chi connectivity index (χ1) is 17.6. The van der Waals surface area contributed by atoms with E-state index in [4.69, 9.17) is 0 Å². The van der Waals surface area contributed by atoms with Crippen molar-refractivity contribution in [3.05, 3.63) is 60.7 Å². The van der Waals surface area contributed by atoms with Gasteiger partial charge in [0.15, 0.2) is 0 Å². The Labute approximate surface area is 224 Å². The van der Waals surface area contributed by atoms with Crippen molar-refractivity contribution in [1.82, 2.24) is 0 Å². The van der Waals surface area contributed by atoms with Crippen LogP contribution in [0.4, 0.5) is 0 Å². The van der Waals surface area contributed by atoms with E-state index in [1.165, 1.54) is 108 Å². The molecule has 4 aliphatic rings. The SMILES string of the molecule is C=CC1CCC(C2CCC(C)CC2)CC1.C=CC1CCC(C2CCC(c3ccc(C)cc3)CC2)CC1. The van der Waals surface area contributed by atoms with Crippen molar-refractivity contribution in [3.8, 4) is 0 Å². The molecule has 0 atom stereocenters. The fraction of sp³-hybridized carbons (Fsp3) is 0.722. The summed E-state index contributed by atoms with van der Waals surface area (Å²) >= 11 is 0. The van der Waals surface area contributed by atoms with E-state index in [1.807, 2.05) is 0 Å². The normalized spacial score (nSPS) is 37.3. The van der Waals surface area contributed by atoms with Crippen LogP contribution in [0.1, 0.15) is 127 Å². The maximum Gasteiger partial charge on any atom is -0.0162 e. The monoisotopic (exact) mass is 488 g/mol. The predicted octanol–water partition coefficient (Wildman–Crippen LogP) is 11.1. The third-order valence-electron chi connectivity index (χ3n) is 11.0. The summed E-state index contributed by atoms with van der Waals surface area (Å²) < 4.78 is 0. The predicted molar refractivity (Wildman–Crippen MR) is 158 cm³/mol. The smallest absolute Gasteiger partial charge is 0.0162 e. The number of allylic oxidation sites excluding steroid dienone is 2. The molecule has 0 spiro atoms. The van der Waals surface area contributed by atoms with E-state index < -0.39 is 0 Å². The van der Waals surface area contributed by atoms with Crippen LogP contribution in [0, 0.1) is 48.3 Å². The number of aryl methyl sites for hydroxylation is 1. The van der Waals surface area contributed by atoms with E-state index in [1.54, 1.807) is 5.56 Å². The van der Waals surface area contributed by atoms with Gasteiger partial charge in [-0.3, -0.25) is 0 Å². The van der Waals surface area contributed by atoms with Crippen LogP contribution in [0.25, 0.3) is 0 Å². The molecule has 0 saturated heterocycles. The zero-order chi connectivity index (χ0) is 25.3. The molecule has 0 radical (unpaired) electrons. The largest absolute Gasteiger partial charge is 0.103 e. The molecule has 0 unspecified atom stereocenters. The van der Waals surface area contributed by atoms with Gasteiger partial charge in [0, 0.05) is 0 Å². The Morgan fingerprint density at radius 2 is 0.889 bits per heavy atom. The van der Waals surface area contributed by atoms with Crippen molar-refractivity contribution in [1.29, 1.82) is 0 Å². The van der Waals surface area contributed by atoms with Crippen LogP contribution in [0.15, 0.2) is 49.6 Å². The van der Waals surface area contributed by atoms with Gasteiger partial charge in [-0.15, -0.1) is 13.2 Å². The minimum absolute atomic E-state index is 0.810. The molecule has 4 aliphatic carbocycles. The average molecular weight is 489 g/mol. The summed E-state index contributed by atoms with van der Waals surface area (Å²) in [6.45, 7) is 12.5. The Hall–Kier alpha value is -1.30. The van der Waals surface area contributed by atoms with Gasteiger partial charge < -0.3 is 0 Å². The van der Waals surface area contributed by atoms with Gasteiger partial charge in [0.1, 0.15) is 0 Å². The Morgan fingerprint density at radius 1 is 0.528 bits per heavy atom. The van der Waals surface area contributed by atoms with Gasteiger partial charge in [-0.05, 0) is 150 Å². The zero-order valence-corrected chi connectivity index (χ0v) is 23.8. The Balaban J connectivity index is 0.000000179. The van der Waals surface area contributed by atoms with Crippen LogP contribution in [0.3, 0.4) is 0 Å². The molecule has 0 N–H and O–H groups in total. The molecule has 0 aromatic heterocycles. The standard InChI is InChI=1S/C21H30.C15H26/c1-3-17-6-10-19(11-7-17)21-14-12-20(13-15-21)18-8-4-16(2)5-9-18;1-3-13-6-10-15(11-7-13)14-8-4-12(2)5-9-14/h3-5,8-9,17,19-21H,1,6-7,10-15H2,2H3;3,12-15H,1,4-11H2,2H3. The van der Waals surface area contributed by atoms with Gasteiger partial charge in [-0.1, -0.05) is 61.7 Å². The molecule has 0 heterocycles. The molecule has 0 heteroatoms. The van der Waals surface area contributed by atoms with Crippen molar-refractivity contribution in [2.24, 2.45) is 41.4 Å². The van der Waals surface area contributed by atoms with Crippen molar-refractivity contribution < 1.29 is 0 Å². The number of benzene rings is 1. The second-order valence-corrected chi connectivity index (χ2v) is 13.4. The van der Waals surface area contributed by atoms with Gasteiger partial charge >= 0.3 is 0 Å². The lowest BCUT2D eigenvalue weighted by molar-refractivity contribution is 0.160. The van der Waals surface area contributed by atoms with Crippen molar-refractivity contribution >= 4 is 0 Å². The summed E-state index contributed by atoms with van der Waals surface area (Å²) in [4.78, 5) is 0. The summed E-state index contributed by atoms with van der Waals surface area (Å²) in [6, 6.07) is 9.27. The highest BCUT2D eigenvalue weighted by Gasteiger charge is 2.31. The molecule has 1 aromatic carbocycles. The van der Waals surface area contributed by atoms with E-state index in [0.29, 0.717) is 0 Å². The Bertz CT molecular complexity index is 755. The molecule has 0 bridgehead atoms. The highest BCUT2D eigenvalue weighted by molar-refractivity contribution is 5.24. The third-order valence-corrected chi connectivity index (χ3v) is 11.0. The summed E-state index contributed by atoms with van der Waals surface area (Å²) in [5, 5.41) is 0. The second kappa shape index (κ2) is 14.0. The number of hydrogen-bond donors (Lipinski definition) is 0. The van der Waals surface area contributed by atoms with Crippen molar-refractivity contribution in [3.63, 3.8) is 0 Å². The topological polar surface area (TPSA) is 0 Å². The van der Waals surface area contributed by atoms with Crippen LogP contribution in [0.5, 0.6) is 0 Å². The summed E-state index contributed by atoms with van der Waals surface area (Å²) in [5.41, 5.74) is 2.96. The zero-order valence-electron chi connectivity index (χ0n) is 23.8. The fourth-order valence-corrected chi connectivity index (χ4v) is 8.22. The molecule has 4 fully saturated rings. The van der Waals surface area contributed by atoms with Gasteiger partial charge in [0.05, 0.1) is 0 Å². The molecule has 0 aliphatic heterocycles. The van der Waals surface area contributed by atoms with E-state index >= 15 is 0 Å². The van der Waals surface area contributed by atoms with Crippen LogP contribution in [-0.2, 0) is 0 Å². The first-order valence-electron chi connectivity index (χ1n) is 15.9. The number of hydrogen-bond acceptors (Lipinski definition) is 0. The summed E-state index contributed by atoms with van der Waals surface area (Å²) in [7, 11) is 0. The van der Waals surface area contributed by atoms with Gasteiger partial charge in [-0.2, -0.15) is 0 Å². The molecular formula is C36H56. The first kappa shape index (κ1) is 27.7. The molecule has 0 nitrogen and oxygen atoms in total. The Kier molecular flexibility index (Phi) is 10.8. The summed E-state index contributed by atoms with van der Waals surface area (Å²) in [5.74, 6) is 7.64. The average Bonchev–Trinajstić information content (AvgIpc) is 2.94.